The van der Waals surface area contributed by atoms with Gasteiger partial charge >= 0.3 is 0 Å². The molecule has 3 rings (SSSR count). The number of nitrogens with one attached hydrogen (secondary N) is 1. The highest BCUT2D eigenvalue weighted by Crippen LogP contribution is 2.21. The molecule has 0 fully saturated rings. The van der Waals surface area contributed by atoms with Crippen LogP contribution in [0.5, 0.6) is 0 Å². The molecule has 0 heterocycles. The van der Waals surface area contributed by atoms with Crippen LogP contribution >= 0.6 is 0 Å². The third-order valence-corrected chi connectivity index (χ3v) is 8.10. The van der Waals surface area contributed by atoms with E-state index in [0.29, 0.717) is 18.5 Å². The fraction of sp³-hybridized carbons (Fsp3) is 0.375. The van der Waals surface area contributed by atoms with Crippen LogP contribution in [0, 0.1) is 6.92 Å². The van der Waals surface area contributed by atoms with Gasteiger partial charge in [-0.3, -0.25) is 13.9 Å². The van der Waals surface area contributed by atoms with Crippen molar-refractivity contribution in [3.8, 4) is 0 Å². The molecule has 3 aromatic carbocycles. The van der Waals surface area contributed by atoms with Crippen molar-refractivity contribution in [2.75, 3.05) is 17.1 Å². The van der Waals surface area contributed by atoms with E-state index in [1.54, 1.807) is 11.0 Å². The van der Waals surface area contributed by atoms with E-state index in [2.05, 4.69) is 5.32 Å². The van der Waals surface area contributed by atoms with Crippen molar-refractivity contribution in [2.45, 2.75) is 65.1 Å². The van der Waals surface area contributed by atoms with Gasteiger partial charge in [-0.05, 0) is 55.5 Å². The molecular weight excluding hydrogens is 522 g/mol. The van der Waals surface area contributed by atoms with E-state index in [9.17, 15) is 18.0 Å². The molecule has 0 saturated heterocycles. The summed E-state index contributed by atoms with van der Waals surface area (Å²) >= 11 is 0. The number of hydrogen-bond acceptors (Lipinski definition) is 4. The average Bonchev–Trinajstić information content (AvgIpc) is 2.93. The highest BCUT2D eigenvalue weighted by molar-refractivity contribution is 7.92. The summed E-state index contributed by atoms with van der Waals surface area (Å²) in [7, 11) is -3.54. The van der Waals surface area contributed by atoms with Gasteiger partial charge in [-0.2, -0.15) is 0 Å². The van der Waals surface area contributed by atoms with Crippen molar-refractivity contribution < 1.29 is 18.0 Å². The second-order valence-corrected chi connectivity index (χ2v) is 12.2. The fourth-order valence-electron chi connectivity index (χ4n) is 4.56. The summed E-state index contributed by atoms with van der Waals surface area (Å²) in [5, 5.41) is 3.07. The topological polar surface area (TPSA) is 86.8 Å². The van der Waals surface area contributed by atoms with Gasteiger partial charge in [0.1, 0.15) is 6.04 Å². The van der Waals surface area contributed by atoms with Crippen LogP contribution in [0.3, 0.4) is 0 Å². The number of carbonyl (C=O) groups is 2. The lowest BCUT2D eigenvalue weighted by atomic mass is 10.0. The Morgan fingerprint density at radius 1 is 0.900 bits per heavy atom. The summed E-state index contributed by atoms with van der Waals surface area (Å²) < 4.78 is 26.5. The number of aryl methyl sites for hydroxylation is 1. The lowest BCUT2D eigenvalue weighted by Crippen LogP contribution is -2.52. The number of hydrogen-bond donors (Lipinski definition) is 1. The van der Waals surface area contributed by atoms with Crippen molar-refractivity contribution in [2.24, 2.45) is 0 Å². The number of sulfonamides is 1. The minimum Gasteiger partial charge on any atom is -0.352 e. The molecule has 0 saturated carbocycles. The summed E-state index contributed by atoms with van der Waals surface area (Å²) in [6.07, 6.45) is 2.74. The molecule has 0 radical (unpaired) electrons. The maximum Gasteiger partial charge on any atom is 0.243 e. The molecule has 0 bridgehead atoms. The summed E-state index contributed by atoms with van der Waals surface area (Å²) in [5.41, 5.74) is 3.40. The predicted octanol–water partition coefficient (Wildman–Crippen LogP) is 5.10. The maximum absolute atomic E-state index is 13.8. The summed E-state index contributed by atoms with van der Waals surface area (Å²) in [5.74, 6) is -0.387. The first-order valence-electron chi connectivity index (χ1n) is 13.8. The molecular formula is C32H41N3O4S. The van der Waals surface area contributed by atoms with Crippen LogP contribution in [-0.4, -0.2) is 50.0 Å². The number of amides is 2. The molecule has 0 aliphatic rings. The van der Waals surface area contributed by atoms with Crippen molar-refractivity contribution in [1.82, 2.24) is 10.2 Å². The summed E-state index contributed by atoms with van der Waals surface area (Å²) in [6.45, 7) is 6.30. The molecule has 0 unspecified atom stereocenters. The Hall–Kier alpha value is -3.65. The predicted molar refractivity (Wildman–Crippen MR) is 161 cm³/mol. The van der Waals surface area contributed by atoms with E-state index >= 15 is 0 Å². The van der Waals surface area contributed by atoms with Crippen LogP contribution in [0.4, 0.5) is 5.69 Å². The molecule has 0 aromatic heterocycles. The Bertz CT molecular complexity index is 1350. The monoisotopic (exact) mass is 563 g/mol. The van der Waals surface area contributed by atoms with Crippen LogP contribution < -0.4 is 9.62 Å². The largest absolute Gasteiger partial charge is 0.352 e. The molecule has 2 amide bonds. The number of benzene rings is 3. The number of nitrogens with zero attached hydrogens (tertiary/aromatic N) is 2. The number of rotatable bonds is 14. The zero-order valence-electron chi connectivity index (χ0n) is 23.9. The van der Waals surface area contributed by atoms with Gasteiger partial charge in [0.25, 0.3) is 0 Å². The van der Waals surface area contributed by atoms with Gasteiger partial charge in [0.2, 0.25) is 21.8 Å². The molecule has 214 valence electrons. The summed E-state index contributed by atoms with van der Waals surface area (Å²) in [4.78, 5) is 29.1. The standard InChI is InChI=1S/C32H41N3O4S/c1-5-26(3)33-32(37)30(23-27-15-8-6-9-16-27)34(24-28-17-10-7-11-18-28)31(36)20-13-21-35(40(4,38)39)29-19-12-14-25(2)22-29/h6-12,14-19,22,26,30H,5,13,20-21,23-24H2,1-4H3,(H,33,37)/t26-,30-/m1/s1. The number of anilines is 1. The van der Waals surface area contributed by atoms with Crippen LogP contribution in [0.1, 0.15) is 49.8 Å². The lowest BCUT2D eigenvalue weighted by Gasteiger charge is -2.32. The van der Waals surface area contributed by atoms with E-state index < -0.39 is 16.1 Å². The molecule has 40 heavy (non-hydrogen) atoms. The van der Waals surface area contributed by atoms with Crippen LogP contribution in [0.25, 0.3) is 0 Å². The molecule has 1 N–H and O–H groups in total. The van der Waals surface area contributed by atoms with Gasteiger partial charge in [-0.15, -0.1) is 0 Å². The van der Waals surface area contributed by atoms with Gasteiger partial charge in [-0.25, -0.2) is 8.42 Å². The Morgan fingerprint density at radius 3 is 2.10 bits per heavy atom. The molecule has 7 nitrogen and oxygen atoms in total. The smallest absolute Gasteiger partial charge is 0.243 e. The van der Waals surface area contributed by atoms with Crippen LogP contribution in [-0.2, 0) is 32.6 Å². The van der Waals surface area contributed by atoms with Crippen LogP contribution in [0.2, 0.25) is 0 Å². The first-order chi connectivity index (χ1) is 19.1. The zero-order valence-corrected chi connectivity index (χ0v) is 24.7. The fourth-order valence-corrected chi connectivity index (χ4v) is 5.52. The van der Waals surface area contributed by atoms with Gasteiger partial charge in [0.05, 0.1) is 11.9 Å². The minimum absolute atomic E-state index is 0.0305. The van der Waals surface area contributed by atoms with Crippen molar-refractivity contribution in [3.05, 3.63) is 102 Å². The first-order valence-corrected chi connectivity index (χ1v) is 15.7. The molecule has 0 aliphatic carbocycles. The second-order valence-electron chi connectivity index (χ2n) is 10.3. The highest BCUT2D eigenvalue weighted by Gasteiger charge is 2.31. The van der Waals surface area contributed by atoms with Crippen molar-refractivity contribution in [3.63, 3.8) is 0 Å². The highest BCUT2D eigenvalue weighted by atomic mass is 32.2. The summed E-state index contributed by atoms with van der Waals surface area (Å²) in [6, 6.07) is 25.9. The van der Waals surface area contributed by atoms with E-state index in [1.165, 1.54) is 10.6 Å². The van der Waals surface area contributed by atoms with Gasteiger partial charge < -0.3 is 10.2 Å². The third-order valence-electron chi connectivity index (χ3n) is 6.91. The Labute approximate surface area is 239 Å². The average molecular weight is 564 g/mol. The van der Waals surface area contributed by atoms with Gasteiger partial charge in [0.15, 0.2) is 0 Å². The van der Waals surface area contributed by atoms with Crippen molar-refractivity contribution in [1.29, 1.82) is 0 Å². The van der Waals surface area contributed by atoms with E-state index in [0.717, 1.165) is 23.1 Å². The Balaban J connectivity index is 1.87. The van der Waals surface area contributed by atoms with E-state index in [-0.39, 0.29) is 37.4 Å². The zero-order chi connectivity index (χ0) is 29.1. The molecule has 3 aromatic rings. The first kappa shape index (κ1) is 30.9. The minimum atomic E-state index is -3.54. The van der Waals surface area contributed by atoms with Gasteiger partial charge in [-0.1, -0.05) is 79.7 Å². The Kier molecular flexibility index (Phi) is 11.3. The molecule has 0 spiro atoms. The van der Waals surface area contributed by atoms with E-state index in [1.807, 2.05) is 99.6 Å². The normalized spacial score (nSPS) is 12.8. The molecule has 2 atom stereocenters. The molecule has 8 heteroatoms. The van der Waals surface area contributed by atoms with Crippen LogP contribution in [0.15, 0.2) is 84.9 Å². The van der Waals surface area contributed by atoms with Gasteiger partial charge in [0, 0.05) is 32.0 Å². The lowest BCUT2D eigenvalue weighted by molar-refractivity contribution is -0.141. The maximum atomic E-state index is 13.8. The quantitative estimate of drug-likeness (QED) is 0.296. The second kappa shape index (κ2) is 14.7. The third kappa shape index (κ3) is 9.23. The van der Waals surface area contributed by atoms with E-state index in [4.69, 9.17) is 0 Å². The Morgan fingerprint density at radius 2 is 1.52 bits per heavy atom. The van der Waals surface area contributed by atoms with Crippen molar-refractivity contribution >= 4 is 27.5 Å². The number of carbonyl (C=O) groups excluding carboxylic acids is 2. The molecule has 0 aliphatic heterocycles. The SMILES string of the molecule is CC[C@@H](C)NC(=O)[C@@H](Cc1ccccc1)N(Cc1ccccc1)C(=O)CCCN(c1cccc(C)c1)S(C)(=O)=O.